The van der Waals surface area contributed by atoms with Gasteiger partial charge in [-0.25, -0.2) is 0 Å². The van der Waals surface area contributed by atoms with Crippen molar-refractivity contribution >= 4 is 24.7 Å². The van der Waals surface area contributed by atoms with Crippen LogP contribution in [0.1, 0.15) is 0 Å². The van der Waals surface area contributed by atoms with Crippen molar-refractivity contribution in [2.75, 3.05) is 0 Å². The van der Waals surface area contributed by atoms with Crippen molar-refractivity contribution in [3.63, 3.8) is 0 Å². The fourth-order valence-corrected chi connectivity index (χ4v) is 0.230. The Balaban J connectivity index is 2.38. The zero-order chi connectivity index (χ0) is 3.91. The van der Waals surface area contributed by atoms with Crippen LogP contribution >= 0.6 is 0 Å². The Kier molecular flexibility index (Phi) is 0.692. The minimum absolute atomic E-state index is 0.354. The fraction of sp³-hybridized carbons (Fsp3) is 1.00. The summed E-state index contributed by atoms with van der Waals surface area (Å²) < 4.78 is -1.08. The third kappa shape index (κ3) is 1.09. The Morgan fingerprint density at radius 3 is 1.80 bits per heavy atom. The predicted octanol–water partition coefficient (Wildman–Crippen LogP) is -1.82. The van der Waals surface area contributed by atoms with E-state index in [0.29, 0.717) is 24.7 Å². The Morgan fingerprint density at radius 1 is 1.60 bits per heavy atom. The Hall–Kier alpha value is 0.763. The molecule has 1 rings (SSSR count). The first-order chi connectivity index (χ1) is 2.21. The van der Waals surface area contributed by atoms with Gasteiger partial charge in [0, 0.05) is 0 Å². The molecule has 0 amide bonds. The SMILES string of the molecule is O[C]1([BiH2])OO1. The number of aliphatic hydroxyl groups is 1. The molecule has 0 radical (unpaired) electrons. The molecule has 1 heterocycles. The molecule has 0 unspecified atom stereocenters. The normalized spacial score (nSPS) is 30.0. The van der Waals surface area contributed by atoms with Crippen molar-refractivity contribution < 1.29 is 14.9 Å². The van der Waals surface area contributed by atoms with E-state index in [1.165, 1.54) is 0 Å². The van der Waals surface area contributed by atoms with Gasteiger partial charge in [-0.05, 0) is 0 Å². The van der Waals surface area contributed by atoms with Crippen molar-refractivity contribution in [1.29, 1.82) is 0 Å². The molecule has 4 heteroatoms. The molecule has 5 heavy (non-hydrogen) atoms. The third-order valence-corrected chi connectivity index (χ3v) is 1.00. The molecule has 0 aromatic rings. The van der Waals surface area contributed by atoms with Crippen LogP contribution in [-0.4, -0.2) is 33.5 Å². The summed E-state index contributed by atoms with van der Waals surface area (Å²) in [6.45, 7) is 0. The summed E-state index contributed by atoms with van der Waals surface area (Å²) in [5.74, 6) is 0. The minimum atomic E-state index is -1.08. The van der Waals surface area contributed by atoms with E-state index in [1.807, 2.05) is 0 Å². The van der Waals surface area contributed by atoms with Gasteiger partial charge in [0.25, 0.3) is 0 Å². The van der Waals surface area contributed by atoms with Gasteiger partial charge in [0.2, 0.25) is 0 Å². The molecule has 0 aromatic carbocycles. The van der Waals surface area contributed by atoms with E-state index in [2.05, 4.69) is 9.78 Å². The molecule has 0 saturated carbocycles. The second-order valence-electron chi connectivity index (χ2n) is 0.797. The molecule has 0 spiro atoms. The van der Waals surface area contributed by atoms with Crippen LogP contribution in [0.5, 0.6) is 0 Å². The van der Waals surface area contributed by atoms with Crippen LogP contribution in [0.4, 0.5) is 0 Å². The molecule has 1 aliphatic rings. The summed E-state index contributed by atoms with van der Waals surface area (Å²) in [7, 11) is 0. The Morgan fingerprint density at radius 2 is 1.80 bits per heavy atom. The van der Waals surface area contributed by atoms with E-state index in [0.717, 1.165) is 0 Å². The Labute approximate surface area is 43.7 Å². The average Bonchev–Trinajstić information content (AvgIpc) is 1.76. The molecule has 3 nitrogen and oxygen atoms in total. The maximum atomic E-state index is 8.26. The van der Waals surface area contributed by atoms with Crippen molar-refractivity contribution in [2.24, 2.45) is 0 Å². The average molecular weight is 272 g/mol. The van der Waals surface area contributed by atoms with E-state index < -0.39 is 3.68 Å². The first-order valence-corrected chi connectivity index (χ1v) is 3.33. The second-order valence-corrected chi connectivity index (χ2v) is 3.63. The van der Waals surface area contributed by atoms with Crippen LogP contribution in [0, 0.1) is 0 Å². The van der Waals surface area contributed by atoms with E-state index in [4.69, 9.17) is 5.11 Å². The quantitative estimate of drug-likeness (QED) is 0.321. The van der Waals surface area contributed by atoms with E-state index in [9.17, 15) is 0 Å². The first kappa shape index (κ1) is 3.94. The molecule has 0 aromatic heterocycles. The zero-order valence-corrected chi connectivity index (χ0v) is 6.83. The van der Waals surface area contributed by atoms with Gasteiger partial charge >= 0.3 is 43.3 Å². The molecule has 30 valence electrons. The van der Waals surface area contributed by atoms with Crippen LogP contribution in [0.25, 0.3) is 0 Å². The van der Waals surface area contributed by atoms with Gasteiger partial charge in [-0.15, -0.1) is 0 Å². The monoisotopic (exact) mass is 272 g/mol. The molecule has 1 saturated heterocycles. The van der Waals surface area contributed by atoms with Gasteiger partial charge in [-0.3, -0.25) is 0 Å². The number of hydrogen-bond acceptors (Lipinski definition) is 3. The zero-order valence-electron chi connectivity index (χ0n) is 2.34. The van der Waals surface area contributed by atoms with Gasteiger partial charge in [-0.1, -0.05) is 0 Å². The van der Waals surface area contributed by atoms with Crippen molar-refractivity contribution in [3.8, 4) is 0 Å². The second kappa shape index (κ2) is 0.878. The summed E-state index contributed by atoms with van der Waals surface area (Å²) >= 11 is 0.354. The van der Waals surface area contributed by atoms with Gasteiger partial charge in [0.05, 0.1) is 0 Å². The van der Waals surface area contributed by atoms with Crippen molar-refractivity contribution in [3.05, 3.63) is 0 Å². The van der Waals surface area contributed by atoms with Crippen molar-refractivity contribution in [2.45, 2.75) is 3.68 Å². The van der Waals surface area contributed by atoms with Gasteiger partial charge in [-0.2, -0.15) is 0 Å². The van der Waals surface area contributed by atoms with E-state index in [-0.39, 0.29) is 0 Å². The van der Waals surface area contributed by atoms with E-state index >= 15 is 0 Å². The molecule has 0 aliphatic carbocycles. The fourth-order valence-electron chi connectivity index (χ4n) is 0.0427. The van der Waals surface area contributed by atoms with Gasteiger partial charge in [0.15, 0.2) is 0 Å². The summed E-state index contributed by atoms with van der Waals surface area (Å²) in [4.78, 5) is 8.05. The predicted molar refractivity (Wildman–Crippen MR) is 15.7 cm³/mol. The molecular weight excluding hydrogens is 269 g/mol. The molecule has 0 bridgehead atoms. The molecule has 0 atom stereocenters. The molecule has 1 fully saturated rings. The van der Waals surface area contributed by atoms with Crippen LogP contribution in [-0.2, 0) is 9.78 Å². The molecule has 1 aliphatic heterocycles. The van der Waals surface area contributed by atoms with Crippen LogP contribution in [0.2, 0.25) is 0 Å². The number of rotatable bonds is 0. The van der Waals surface area contributed by atoms with Crippen LogP contribution < -0.4 is 0 Å². The number of hydrogen-bond donors (Lipinski definition) is 1. The molecule has 1 N–H and O–H groups in total. The van der Waals surface area contributed by atoms with Gasteiger partial charge < -0.3 is 0 Å². The third-order valence-electron chi connectivity index (χ3n) is 0.254. The first-order valence-electron chi connectivity index (χ1n) is 1.09. The molecular formula is CH3BiO3. The standard InChI is InChI=1S/CHO3.Bi.2H/c2-1-3-4-1;;;/h2H;;;. The summed E-state index contributed by atoms with van der Waals surface area (Å²) in [5.41, 5.74) is 0. The van der Waals surface area contributed by atoms with Crippen LogP contribution in [0.3, 0.4) is 0 Å². The summed E-state index contributed by atoms with van der Waals surface area (Å²) in [5, 5.41) is 8.26. The van der Waals surface area contributed by atoms with E-state index in [1.54, 1.807) is 0 Å². The topological polar surface area (TPSA) is 45.3 Å². The van der Waals surface area contributed by atoms with Gasteiger partial charge in [0.1, 0.15) is 0 Å². The summed E-state index contributed by atoms with van der Waals surface area (Å²) in [6, 6.07) is 0. The van der Waals surface area contributed by atoms with Crippen LogP contribution in [0.15, 0.2) is 0 Å². The maximum absolute atomic E-state index is 8.26. The Bertz CT molecular complexity index is 44.9. The van der Waals surface area contributed by atoms with Crippen molar-refractivity contribution in [1.82, 2.24) is 0 Å². The summed E-state index contributed by atoms with van der Waals surface area (Å²) in [6.07, 6.45) is 0.